The molecule has 1 saturated heterocycles. The lowest BCUT2D eigenvalue weighted by Gasteiger charge is -2.28. The zero-order chi connectivity index (χ0) is 27.4. The molecule has 4 heterocycles. The van der Waals surface area contributed by atoms with E-state index in [1.807, 2.05) is 17.1 Å². The van der Waals surface area contributed by atoms with Gasteiger partial charge in [-0.2, -0.15) is 10.2 Å². The maximum Gasteiger partial charge on any atom is 0.269 e. The van der Waals surface area contributed by atoms with Crippen LogP contribution in [0.15, 0.2) is 29.6 Å². The number of thioether (sulfide) groups is 1. The van der Waals surface area contributed by atoms with Crippen molar-refractivity contribution in [1.82, 2.24) is 35.3 Å². The van der Waals surface area contributed by atoms with Crippen molar-refractivity contribution in [2.75, 3.05) is 52.1 Å². The molecule has 3 aromatic heterocycles. The number of hydrogen-bond donors (Lipinski definition) is 2. The molecule has 0 bridgehead atoms. The molecule has 1 amide bonds. The molecule has 0 aliphatic carbocycles. The van der Waals surface area contributed by atoms with Crippen LogP contribution in [0.25, 0.3) is 22.3 Å². The van der Waals surface area contributed by atoms with Crippen LogP contribution in [0, 0.1) is 0 Å². The van der Waals surface area contributed by atoms with Gasteiger partial charge in [0.05, 0.1) is 45.2 Å². The molecule has 206 valence electrons. The number of hydrogen-bond acceptors (Lipinski definition) is 10. The van der Waals surface area contributed by atoms with Gasteiger partial charge in [-0.3, -0.25) is 9.89 Å². The largest absolute Gasteiger partial charge is 0.493 e. The Morgan fingerprint density at radius 3 is 2.46 bits per heavy atom. The zero-order valence-corrected chi connectivity index (χ0v) is 23.3. The summed E-state index contributed by atoms with van der Waals surface area (Å²) in [5, 5.41) is 16.3. The fraction of sp³-hybridized carbons (Fsp3) is 0.423. The quantitative estimate of drug-likeness (QED) is 0.223. The van der Waals surface area contributed by atoms with Gasteiger partial charge in [-0.25, -0.2) is 14.6 Å². The summed E-state index contributed by atoms with van der Waals surface area (Å²) in [7, 11) is 4.65. The van der Waals surface area contributed by atoms with Crippen molar-refractivity contribution in [2.24, 2.45) is 0 Å². The summed E-state index contributed by atoms with van der Waals surface area (Å²) in [6.45, 7) is 2.81. The fourth-order valence-corrected chi connectivity index (χ4v) is 5.06. The lowest BCUT2D eigenvalue weighted by Crippen LogP contribution is -2.30. The SMILES string of the molecule is COc1cc(-c2cc(C(=O)NCCn3ncc4c(N5CCCCC5)nc(SC)nc43)[nH]n2)cc(OC)c1OC. The molecule has 2 N–H and O–H groups in total. The van der Waals surface area contributed by atoms with Crippen LogP contribution in [0.3, 0.4) is 0 Å². The van der Waals surface area contributed by atoms with Crippen molar-refractivity contribution in [3.05, 3.63) is 30.1 Å². The summed E-state index contributed by atoms with van der Waals surface area (Å²) in [5.74, 6) is 2.16. The van der Waals surface area contributed by atoms with E-state index in [0.29, 0.717) is 46.9 Å². The molecule has 5 rings (SSSR count). The van der Waals surface area contributed by atoms with E-state index in [2.05, 4.69) is 25.5 Å². The Labute approximate surface area is 230 Å². The number of carbonyl (C=O) groups excluding carboxylic acids is 1. The first-order chi connectivity index (χ1) is 19.1. The monoisotopic (exact) mass is 552 g/mol. The number of carbonyl (C=O) groups is 1. The number of aromatic nitrogens is 6. The number of rotatable bonds is 10. The predicted octanol–water partition coefficient (Wildman–Crippen LogP) is 3.38. The van der Waals surface area contributed by atoms with Crippen LogP contribution in [0.2, 0.25) is 0 Å². The second-order valence-electron chi connectivity index (χ2n) is 9.02. The molecule has 1 aliphatic heterocycles. The molecule has 0 atom stereocenters. The van der Waals surface area contributed by atoms with Crippen LogP contribution in [0.1, 0.15) is 29.8 Å². The lowest BCUT2D eigenvalue weighted by atomic mass is 10.1. The van der Waals surface area contributed by atoms with Crippen molar-refractivity contribution in [1.29, 1.82) is 0 Å². The number of methoxy groups -OCH3 is 3. The first kappa shape index (κ1) is 26.6. The van der Waals surface area contributed by atoms with E-state index in [1.165, 1.54) is 18.2 Å². The average Bonchev–Trinajstić information content (AvgIpc) is 3.64. The van der Waals surface area contributed by atoms with Gasteiger partial charge in [-0.1, -0.05) is 11.8 Å². The summed E-state index contributed by atoms with van der Waals surface area (Å²) in [5.41, 5.74) is 2.40. The first-order valence-corrected chi connectivity index (χ1v) is 13.9. The van der Waals surface area contributed by atoms with Crippen LogP contribution >= 0.6 is 11.8 Å². The number of H-pyrrole nitrogens is 1. The average molecular weight is 553 g/mol. The van der Waals surface area contributed by atoms with E-state index in [0.717, 1.165) is 48.3 Å². The Morgan fingerprint density at radius 1 is 1.05 bits per heavy atom. The second-order valence-corrected chi connectivity index (χ2v) is 9.80. The number of nitrogens with one attached hydrogen (secondary N) is 2. The van der Waals surface area contributed by atoms with E-state index >= 15 is 0 Å². The zero-order valence-electron chi connectivity index (χ0n) is 22.5. The fourth-order valence-electron chi connectivity index (χ4n) is 4.71. The molecule has 0 spiro atoms. The molecule has 0 unspecified atom stereocenters. The van der Waals surface area contributed by atoms with Gasteiger partial charge in [0.2, 0.25) is 5.75 Å². The number of fused-ring (bicyclic) bond motifs is 1. The first-order valence-electron chi connectivity index (χ1n) is 12.7. The van der Waals surface area contributed by atoms with Crippen LogP contribution in [-0.4, -0.2) is 83.1 Å². The molecule has 12 nitrogen and oxygen atoms in total. The van der Waals surface area contributed by atoms with E-state index < -0.39 is 0 Å². The number of piperidine rings is 1. The molecule has 1 aliphatic rings. The van der Waals surface area contributed by atoms with Crippen molar-refractivity contribution in [3.63, 3.8) is 0 Å². The summed E-state index contributed by atoms with van der Waals surface area (Å²) >= 11 is 1.51. The van der Waals surface area contributed by atoms with Crippen LogP contribution in [-0.2, 0) is 6.54 Å². The minimum absolute atomic E-state index is 0.272. The van der Waals surface area contributed by atoms with Gasteiger partial charge < -0.3 is 24.4 Å². The maximum absolute atomic E-state index is 12.9. The minimum atomic E-state index is -0.272. The van der Waals surface area contributed by atoms with Crippen molar-refractivity contribution in [3.8, 4) is 28.5 Å². The third kappa shape index (κ3) is 5.44. The molecule has 1 aromatic carbocycles. The number of aromatic amines is 1. The normalized spacial score (nSPS) is 13.5. The number of amides is 1. The highest BCUT2D eigenvalue weighted by atomic mass is 32.2. The second kappa shape index (κ2) is 11.8. The Balaban J connectivity index is 1.28. The third-order valence-electron chi connectivity index (χ3n) is 6.69. The molecule has 0 radical (unpaired) electrons. The molecule has 4 aromatic rings. The molecule has 13 heteroatoms. The maximum atomic E-state index is 12.9. The number of benzene rings is 1. The smallest absolute Gasteiger partial charge is 0.269 e. The van der Waals surface area contributed by atoms with E-state index in [1.54, 1.807) is 39.5 Å². The Morgan fingerprint density at radius 2 is 1.79 bits per heavy atom. The van der Waals surface area contributed by atoms with Gasteiger partial charge in [-0.15, -0.1) is 0 Å². The lowest BCUT2D eigenvalue weighted by molar-refractivity contribution is 0.0947. The number of ether oxygens (including phenoxy) is 3. The Hall–Kier alpha value is -4.00. The highest BCUT2D eigenvalue weighted by Crippen LogP contribution is 2.40. The van der Waals surface area contributed by atoms with Gasteiger partial charge >= 0.3 is 0 Å². The van der Waals surface area contributed by atoms with Crippen LogP contribution in [0.5, 0.6) is 17.2 Å². The minimum Gasteiger partial charge on any atom is -0.493 e. The van der Waals surface area contributed by atoms with Gasteiger partial charge in [-0.05, 0) is 43.7 Å². The van der Waals surface area contributed by atoms with Gasteiger partial charge in [0, 0.05) is 25.2 Å². The van der Waals surface area contributed by atoms with Gasteiger partial charge in [0.15, 0.2) is 22.3 Å². The van der Waals surface area contributed by atoms with Crippen LogP contribution < -0.4 is 24.4 Å². The van der Waals surface area contributed by atoms with Gasteiger partial charge in [0.25, 0.3) is 5.91 Å². The van der Waals surface area contributed by atoms with Crippen LogP contribution in [0.4, 0.5) is 5.82 Å². The summed E-state index contributed by atoms with van der Waals surface area (Å²) in [6.07, 6.45) is 7.37. The topological polar surface area (TPSA) is 132 Å². The molecular formula is C26H32N8O4S. The third-order valence-corrected chi connectivity index (χ3v) is 7.23. The van der Waals surface area contributed by atoms with Gasteiger partial charge in [0.1, 0.15) is 11.5 Å². The predicted molar refractivity (Wildman–Crippen MR) is 149 cm³/mol. The standard InChI is InChI=1S/C26H32N8O4S/c1-36-20-12-16(13-21(37-2)22(20)38-3)18-14-19(32-31-18)25(35)27-8-11-34-24-17(15-28-34)23(29-26(30-24)39-4)33-9-6-5-7-10-33/h12-15H,5-11H2,1-4H3,(H,27,35)(H,31,32). The van der Waals surface area contributed by atoms with E-state index in [-0.39, 0.29) is 5.91 Å². The summed E-state index contributed by atoms with van der Waals surface area (Å²) in [4.78, 5) is 24.7. The Bertz CT molecular complexity index is 1440. The van der Waals surface area contributed by atoms with Crippen molar-refractivity contribution >= 4 is 34.5 Å². The number of nitrogens with zero attached hydrogens (tertiary/aromatic N) is 6. The molecule has 0 saturated carbocycles. The summed E-state index contributed by atoms with van der Waals surface area (Å²) < 4.78 is 18.1. The molecular weight excluding hydrogens is 520 g/mol. The van der Waals surface area contributed by atoms with E-state index in [4.69, 9.17) is 24.2 Å². The molecule has 1 fully saturated rings. The van der Waals surface area contributed by atoms with E-state index in [9.17, 15) is 4.79 Å². The highest BCUT2D eigenvalue weighted by Gasteiger charge is 2.20. The summed E-state index contributed by atoms with van der Waals surface area (Å²) in [6, 6.07) is 5.25. The van der Waals surface area contributed by atoms with Crippen molar-refractivity contribution in [2.45, 2.75) is 31.0 Å². The highest BCUT2D eigenvalue weighted by molar-refractivity contribution is 7.98. The number of anilines is 1. The van der Waals surface area contributed by atoms with Crippen molar-refractivity contribution < 1.29 is 19.0 Å². The Kier molecular flexibility index (Phi) is 8.05. The molecule has 39 heavy (non-hydrogen) atoms.